The van der Waals surface area contributed by atoms with Crippen molar-refractivity contribution >= 4 is 44.1 Å². The van der Waals surface area contributed by atoms with Gasteiger partial charge in [0.05, 0.1) is 11.1 Å². The zero-order valence-electron chi connectivity index (χ0n) is 13.3. The van der Waals surface area contributed by atoms with Crippen LogP contribution in [-0.2, 0) is 16.4 Å². The van der Waals surface area contributed by atoms with Gasteiger partial charge in [-0.3, -0.25) is 0 Å². The largest absolute Gasteiger partial charge is 0.506 e. The summed E-state index contributed by atoms with van der Waals surface area (Å²) in [5.41, 5.74) is 1.65. The predicted molar refractivity (Wildman–Crippen MR) is 100 cm³/mol. The predicted octanol–water partition coefficient (Wildman–Crippen LogP) is 4.04. The molecule has 26 heavy (non-hydrogen) atoms. The molecule has 0 aliphatic rings. The molecule has 3 aromatic rings. The van der Waals surface area contributed by atoms with E-state index in [9.17, 15) is 17.9 Å². The quantitative estimate of drug-likeness (QED) is 0.566. The maximum Gasteiger partial charge on any atom is 0.246 e. The lowest BCUT2D eigenvalue weighted by atomic mass is 10.1. The summed E-state index contributed by atoms with van der Waals surface area (Å²) in [4.78, 5) is 2.53. The highest BCUT2D eigenvalue weighted by molar-refractivity contribution is 7.89. The van der Waals surface area contributed by atoms with Crippen molar-refractivity contribution in [2.75, 3.05) is 6.67 Å². The lowest BCUT2D eigenvalue weighted by molar-refractivity contribution is 0.403. The summed E-state index contributed by atoms with van der Waals surface area (Å²) in [5, 5.41) is 10.6. The Hall–Kier alpha value is -1.80. The number of benzene rings is 2. The minimum atomic E-state index is -4.25. The van der Waals surface area contributed by atoms with Gasteiger partial charge < -0.3 is 10.1 Å². The van der Waals surface area contributed by atoms with Crippen LogP contribution in [0.5, 0.6) is 5.75 Å². The van der Waals surface area contributed by atoms with Gasteiger partial charge in [0.2, 0.25) is 10.0 Å². The Bertz CT molecular complexity index is 1030. The van der Waals surface area contributed by atoms with Crippen molar-refractivity contribution in [3.05, 3.63) is 58.2 Å². The van der Waals surface area contributed by atoms with Crippen LogP contribution in [0.2, 0.25) is 10.0 Å². The van der Waals surface area contributed by atoms with Crippen molar-refractivity contribution in [2.45, 2.75) is 17.4 Å². The molecule has 0 saturated heterocycles. The SMILES string of the molecule is O=S(=O)(NC(CF)Cc1c[nH]c2ccccc12)c1c(O)cc(Cl)cc1Cl. The van der Waals surface area contributed by atoms with E-state index in [1.165, 1.54) is 6.07 Å². The molecule has 1 heterocycles. The van der Waals surface area contributed by atoms with Crippen molar-refractivity contribution in [3.63, 3.8) is 0 Å². The van der Waals surface area contributed by atoms with Crippen LogP contribution in [0.3, 0.4) is 0 Å². The van der Waals surface area contributed by atoms with E-state index in [4.69, 9.17) is 23.2 Å². The molecule has 0 aliphatic heterocycles. The second-order valence-electron chi connectivity index (χ2n) is 5.77. The number of phenolic OH excluding ortho intramolecular Hbond substituents is 1. The van der Waals surface area contributed by atoms with Crippen LogP contribution in [0.1, 0.15) is 5.56 Å². The number of para-hydroxylation sites is 1. The summed E-state index contributed by atoms with van der Waals surface area (Å²) >= 11 is 11.6. The lowest BCUT2D eigenvalue weighted by Gasteiger charge is -2.17. The number of H-pyrrole nitrogens is 1. The summed E-state index contributed by atoms with van der Waals surface area (Å²) in [7, 11) is -4.25. The molecular weight excluding hydrogens is 402 g/mol. The molecule has 0 spiro atoms. The van der Waals surface area contributed by atoms with Gasteiger partial charge in [0, 0.05) is 28.2 Å². The number of halogens is 3. The fraction of sp³-hybridized carbons (Fsp3) is 0.176. The topological polar surface area (TPSA) is 82.2 Å². The maximum atomic E-state index is 13.5. The number of hydrogen-bond donors (Lipinski definition) is 3. The number of phenols is 1. The highest BCUT2D eigenvalue weighted by Gasteiger charge is 2.27. The first-order chi connectivity index (χ1) is 12.3. The Morgan fingerprint density at radius 2 is 1.96 bits per heavy atom. The molecule has 1 aromatic heterocycles. The van der Waals surface area contributed by atoms with Gasteiger partial charge in [0.15, 0.2) is 0 Å². The molecule has 1 unspecified atom stereocenters. The van der Waals surface area contributed by atoms with Crippen LogP contribution in [-0.4, -0.2) is 31.2 Å². The standard InChI is InChI=1S/C17H15Cl2FN2O3S/c18-11-6-14(19)17(16(23)7-11)26(24,25)22-12(8-20)5-10-9-21-15-4-2-1-3-13(10)15/h1-4,6-7,9,12,21-23H,5,8H2. The molecule has 1 atom stereocenters. The Morgan fingerprint density at radius 3 is 2.65 bits per heavy atom. The molecule has 2 aromatic carbocycles. The zero-order chi connectivity index (χ0) is 18.9. The van der Waals surface area contributed by atoms with E-state index in [-0.39, 0.29) is 16.5 Å². The maximum absolute atomic E-state index is 13.5. The summed E-state index contributed by atoms with van der Waals surface area (Å²) in [6.45, 7) is -0.926. The Balaban J connectivity index is 1.88. The Kier molecular flexibility index (Phi) is 5.43. The first-order valence-corrected chi connectivity index (χ1v) is 9.87. The number of aromatic amines is 1. The smallest absolute Gasteiger partial charge is 0.246 e. The van der Waals surface area contributed by atoms with Crippen LogP contribution in [0.4, 0.5) is 4.39 Å². The average Bonchev–Trinajstić information content (AvgIpc) is 2.96. The molecule has 0 bridgehead atoms. The van der Waals surface area contributed by atoms with E-state index in [0.717, 1.165) is 22.5 Å². The van der Waals surface area contributed by atoms with E-state index >= 15 is 0 Å². The average molecular weight is 417 g/mol. The van der Waals surface area contributed by atoms with Gasteiger partial charge in [0.1, 0.15) is 17.3 Å². The molecule has 9 heteroatoms. The van der Waals surface area contributed by atoms with E-state index in [0.29, 0.717) is 0 Å². The van der Waals surface area contributed by atoms with Gasteiger partial charge >= 0.3 is 0 Å². The van der Waals surface area contributed by atoms with Crippen molar-refractivity contribution in [3.8, 4) is 5.75 Å². The van der Waals surface area contributed by atoms with E-state index in [1.54, 1.807) is 6.20 Å². The summed E-state index contributed by atoms with van der Waals surface area (Å²) in [6, 6.07) is 8.69. The fourth-order valence-electron chi connectivity index (χ4n) is 2.78. The van der Waals surface area contributed by atoms with Crippen LogP contribution < -0.4 is 4.72 Å². The minimum Gasteiger partial charge on any atom is -0.506 e. The van der Waals surface area contributed by atoms with E-state index in [1.807, 2.05) is 24.3 Å². The van der Waals surface area contributed by atoms with Gasteiger partial charge in [-0.25, -0.2) is 17.5 Å². The minimum absolute atomic E-state index is 0.0901. The number of fused-ring (bicyclic) bond motifs is 1. The highest BCUT2D eigenvalue weighted by Crippen LogP contribution is 2.34. The molecule has 0 saturated carbocycles. The van der Waals surface area contributed by atoms with Crippen molar-refractivity contribution in [1.82, 2.24) is 9.71 Å². The molecule has 5 nitrogen and oxygen atoms in total. The van der Waals surface area contributed by atoms with Crippen LogP contribution in [0.15, 0.2) is 47.5 Å². The van der Waals surface area contributed by atoms with Gasteiger partial charge in [-0.2, -0.15) is 0 Å². The molecule has 0 aliphatic carbocycles. The highest BCUT2D eigenvalue weighted by atomic mass is 35.5. The van der Waals surface area contributed by atoms with Gasteiger partial charge in [-0.05, 0) is 24.1 Å². The lowest BCUT2D eigenvalue weighted by Crippen LogP contribution is -2.38. The van der Waals surface area contributed by atoms with Crippen molar-refractivity contribution in [2.24, 2.45) is 0 Å². The van der Waals surface area contributed by atoms with Gasteiger partial charge in [-0.1, -0.05) is 41.4 Å². The molecule has 3 N–H and O–H groups in total. The molecule has 3 rings (SSSR count). The van der Waals surface area contributed by atoms with Gasteiger partial charge in [-0.15, -0.1) is 0 Å². The second kappa shape index (κ2) is 7.44. The summed E-state index contributed by atoms with van der Waals surface area (Å²) in [5.74, 6) is -0.597. The van der Waals surface area contributed by atoms with Crippen molar-refractivity contribution < 1.29 is 17.9 Å². The first kappa shape index (κ1) is 19.0. The summed E-state index contributed by atoms with van der Waals surface area (Å²) in [6.07, 6.45) is 1.85. The van der Waals surface area contributed by atoms with Crippen LogP contribution >= 0.6 is 23.2 Å². The number of hydrogen-bond acceptors (Lipinski definition) is 3. The number of alkyl halides is 1. The molecule has 0 fully saturated rings. The number of rotatable bonds is 6. The Labute approximate surface area is 159 Å². The number of sulfonamides is 1. The fourth-order valence-corrected chi connectivity index (χ4v) is 4.93. The van der Waals surface area contributed by atoms with Crippen LogP contribution in [0.25, 0.3) is 10.9 Å². The number of aromatic hydroxyl groups is 1. The molecule has 0 radical (unpaired) electrons. The molecule has 0 amide bonds. The van der Waals surface area contributed by atoms with Gasteiger partial charge in [0.25, 0.3) is 0 Å². The number of nitrogens with one attached hydrogen (secondary N) is 2. The van der Waals surface area contributed by atoms with Crippen molar-refractivity contribution in [1.29, 1.82) is 0 Å². The molecular formula is C17H15Cl2FN2O3S. The first-order valence-electron chi connectivity index (χ1n) is 7.63. The van der Waals surface area contributed by atoms with E-state index < -0.39 is 33.4 Å². The van der Waals surface area contributed by atoms with Crippen LogP contribution in [0, 0.1) is 0 Å². The third-order valence-corrected chi connectivity index (χ3v) is 6.15. The zero-order valence-corrected chi connectivity index (χ0v) is 15.7. The monoisotopic (exact) mass is 416 g/mol. The van der Waals surface area contributed by atoms with E-state index in [2.05, 4.69) is 9.71 Å². The third-order valence-electron chi connectivity index (χ3n) is 3.91. The number of aromatic nitrogens is 1. The second-order valence-corrected chi connectivity index (χ2v) is 8.27. The summed E-state index contributed by atoms with van der Waals surface area (Å²) < 4.78 is 40.9. The third kappa shape index (κ3) is 3.81. The molecule has 138 valence electrons. The Morgan fingerprint density at radius 1 is 1.23 bits per heavy atom. The normalized spacial score (nSPS) is 13.2.